The molecular formula is C25H22F4N4O2. The van der Waals surface area contributed by atoms with Crippen LogP contribution < -0.4 is 15.1 Å². The van der Waals surface area contributed by atoms with Gasteiger partial charge in [-0.25, -0.2) is 4.39 Å². The normalized spacial score (nSPS) is 17.6. The van der Waals surface area contributed by atoms with Crippen molar-refractivity contribution in [2.45, 2.75) is 43.8 Å². The average molecular weight is 486 g/mol. The molecule has 1 heterocycles. The molecule has 1 saturated heterocycles. The molecule has 2 amide bonds. The lowest BCUT2D eigenvalue weighted by molar-refractivity contribution is -0.137. The fourth-order valence-corrected chi connectivity index (χ4v) is 4.97. The lowest BCUT2D eigenvalue weighted by atomic mass is 9.80. The van der Waals surface area contributed by atoms with Gasteiger partial charge in [0, 0.05) is 12.7 Å². The number of nitrogens with zero attached hydrogens (tertiary/aromatic N) is 3. The van der Waals surface area contributed by atoms with Crippen LogP contribution in [0.5, 0.6) is 0 Å². The topological polar surface area (TPSA) is 76.4 Å². The summed E-state index contributed by atoms with van der Waals surface area (Å²) in [4.78, 5) is 28.4. The Bertz CT molecular complexity index is 1260. The van der Waals surface area contributed by atoms with Crippen LogP contribution in [0.15, 0.2) is 48.8 Å². The third-order valence-corrected chi connectivity index (χ3v) is 6.60. The Kier molecular flexibility index (Phi) is 6.05. The predicted octanol–water partition coefficient (Wildman–Crippen LogP) is 5.10. The highest BCUT2D eigenvalue weighted by molar-refractivity contribution is 6.10. The molecule has 2 fully saturated rings. The SMILES string of the molecule is C=C1N(c2ccc(C#N)c(C(F)(F)F)c2)C(=O)C2(CCCCC2)N1c1ccc(C(=O)NC)c(F)c1. The molecule has 1 aliphatic heterocycles. The molecule has 0 unspecified atom stereocenters. The summed E-state index contributed by atoms with van der Waals surface area (Å²) < 4.78 is 55.6. The van der Waals surface area contributed by atoms with Gasteiger partial charge in [0.05, 0.1) is 28.4 Å². The Hall–Kier alpha value is -3.87. The zero-order valence-corrected chi connectivity index (χ0v) is 18.9. The second kappa shape index (κ2) is 8.73. The smallest absolute Gasteiger partial charge is 0.355 e. The monoisotopic (exact) mass is 486 g/mol. The third kappa shape index (κ3) is 3.91. The summed E-state index contributed by atoms with van der Waals surface area (Å²) in [6.45, 7) is 3.99. The van der Waals surface area contributed by atoms with Crippen molar-refractivity contribution in [3.8, 4) is 6.07 Å². The van der Waals surface area contributed by atoms with E-state index in [9.17, 15) is 27.2 Å². The molecule has 0 atom stereocenters. The summed E-state index contributed by atoms with van der Waals surface area (Å²) in [6, 6.07) is 8.50. The predicted molar refractivity (Wildman–Crippen MR) is 121 cm³/mol. The maximum absolute atomic E-state index is 14.8. The molecule has 1 spiro atoms. The van der Waals surface area contributed by atoms with Gasteiger partial charge in [0.25, 0.3) is 11.8 Å². The van der Waals surface area contributed by atoms with Crippen molar-refractivity contribution < 1.29 is 27.2 Å². The van der Waals surface area contributed by atoms with Crippen LogP contribution in [0.25, 0.3) is 0 Å². The maximum atomic E-state index is 14.8. The Labute approximate surface area is 199 Å². The maximum Gasteiger partial charge on any atom is 0.417 e. The summed E-state index contributed by atoms with van der Waals surface area (Å²) in [5.41, 5.74) is -2.86. The lowest BCUT2D eigenvalue weighted by Gasteiger charge is -2.39. The van der Waals surface area contributed by atoms with Crippen LogP contribution in [0.3, 0.4) is 0 Å². The minimum absolute atomic E-state index is 0.0711. The molecule has 4 rings (SSSR count). The average Bonchev–Trinajstić information content (AvgIpc) is 3.03. The van der Waals surface area contributed by atoms with E-state index in [2.05, 4.69) is 11.9 Å². The Morgan fingerprint density at radius 1 is 1.11 bits per heavy atom. The summed E-state index contributed by atoms with van der Waals surface area (Å²) >= 11 is 0. The van der Waals surface area contributed by atoms with Crippen LogP contribution in [-0.2, 0) is 11.0 Å². The molecule has 0 radical (unpaired) electrons. The van der Waals surface area contributed by atoms with Crippen LogP contribution in [0.1, 0.15) is 53.6 Å². The quantitative estimate of drug-likeness (QED) is 0.613. The zero-order chi connectivity index (χ0) is 25.5. The first-order valence-electron chi connectivity index (χ1n) is 11.0. The van der Waals surface area contributed by atoms with Gasteiger partial charge in [0.1, 0.15) is 17.2 Å². The largest absolute Gasteiger partial charge is 0.417 e. The van der Waals surface area contributed by atoms with Crippen molar-refractivity contribution in [2.75, 3.05) is 16.8 Å². The van der Waals surface area contributed by atoms with Gasteiger partial charge in [-0.3, -0.25) is 14.5 Å². The zero-order valence-electron chi connectivity index (χ0n) is 18.9. The molecule has 2 aliphatic rings. The first-order chi connectivity index (χ1) is 16.5. The van der Waals surface area contributed by atoms with E-state index in [1.165, 1.54) is 31.3 Å². The van der Waals surface area contributed by atoms with Gasteiger partial charge in [0.15, 0.2) is 0 Å². The molecule has 35 heavy (non-hydrogen) atoms. The number of carbonyl (C=O) groups is 2. The Morgan fingerprint density at radius 3 is 2.34 bits per heavy atom. The Morgan fingerprint density at radius 2 is 1.77 bits per heavy atom. The van der Waals surface area contributed by atoms with Gasteiger partial charge in [-0.15, -0.1) is 0 Å². The molecule has 2 aromatic carbocycles. The Balaban J connectivity index is 1.85. The standard InChI is InChI=1S/C25H22F4N4O2/c1-15-32(17-7-6-16(14-30)20(12-17)25(27,28)29)23(35)24(10-4-3-5-11-24)33(15)18-8-9-19(21(26)13-18)22(34)31-2/h6-9,12-13H,1,3-5,10-11H2,2H3,(H,31,34). The van der Waals surface area contributed by atoms with Gasteiger partial charge in [-0.05, 0) is 49.2 Å². The van der Waals surface area contributed by atoms with Gasteiger partial charge >= 0.3 is 6.18 Å². The highest BCUT2D eigenvalue weighted by atomic mass is 19.4. The molecule has 0 aromatic heterocycles. The van der Waals surface area contributed by atoms with E-state index < -0.39 is 40.5 Å². The number of hydrogen-bond donors (Lipinski definition) is 1. The van der Waals surface area contributed by atoms with Crippen molar-refractivity contribution in [2.24, 2.45) is 0 Å². The lowest BCUT2D eigenvalue weighted by Crippen LogP contribution is -2.50. The van der Waals surface area contributed by atoms with Crippen molar-refractivity contribution in [3.05, 3.63) is 71.3 Å². The van der Waals surface area contributed by atoms with Gasteiger partial charge in [0.2, 0.25) is 0 Å². The van der Waals surface area contributed by atoms with Gasteiger partial charge < -0.3 is 10.2 Å². The molecule has 6 nitrogen and oxygen atoms in total. The molecule has 10 heteroatoms. The number of hydrogen-bond acceptors (Lipinski definition) is 4. The molecular weight excluding hydrogens is 464 g/mol. The number of alkyl halides is 3. The first-order valence-corrected chi connectivity index (χ1v) is 11.0. The van der Waals surface area contributed by atoms with E-state index in [4.69, 9.17) is 5.26 Å². The number of amides is 2. The van der Waals surface area contributed by atoms with E-state index in [1.807, 2.05) is 0 Å². The summed E-state index contributed by atoms with van der Waals surface area (Å²) in [5, 5.41) is 11.5. The minimum Gasteiger partial charge on any atom is -0.355 e. The molecule has 1 N–H and O–H groups in total. The number of anilines is 2. The number of benzene rings is 2. The van der Waals surface area contributed by atoms with E-state index >= 15 is 0 Å². The van der Waals surface area contributed by atoms with Crippen LogP contribution in [-0.4, -0.2) is 24.4 Å². The fraction of sp³-hybridized carbons (Fsp3) is 0.320. The number of nitrogens with one attached hydrogen (secondary N) is 1. The van der Waals surface area contributed by atoms with Crippen LogP contribution >= 0.6 is 0 Å². The van der Waals surface area contributed by atoms with E-state index in [1.54, 1.807) is 4.90 Å². The molecule has 0 bridgehead atoms. The van der Waals surface area contributed by atoms with Crippen LogP contribution in [0.4, 0.5) is 28.9 Å². The molecule has 2 aromatic rings. The van der Waals surface area contributed by atoms with Gasteiger partial charge in [-0.2, -0.15) is 18.4 Å². The number of halogens is 4. The first kappa shape index (κ1) is 24.3. The fourth-order valence-electron chi connectivity index (χ4n) is 4.97. The highest BCUT2D eigenvalue weighted by Gasteiger charge is 2.55. The highest BCUT2D eigenvalue weighted by Crippen LogP contribution is 2.48. The minimum atomic E-state index is -4.80. The molecule has 182 valence electrons. The van der Waals surface area contributed by atoms with Crippen LogP contribution in [0, 0.1) is 17.1 Å². The number of carbonyl (C=O) groups excluding carboxylic acids is 2. The number of rotatable bonds is 3. The van der Waals surface area contributed by atoms with Crippen molar-refractivity contribution in [1.29, 1.82) is 5.26 Å². The van der Waals surface area contributed by atoms with Crippen molar-refractivity contribution in [3.63, 3.8) is 0 Å². The summed E-state index contributed by atoms with van der Waals surface area (Å²) in [7, 11) is 1.37. The summed E-state index contributed by atoms with van der Waals surface area (Å²) in [5.74, 6) is -1.81. The molecule has 1 saturated carbocycles. The van der Waals surface area contributed by atoms with Gasteiger partial charge in [-0.1, -0.05) is 25.8 Å². The van der Waals surface area contributed by atoms with E-state index in [0.29, 0.717) is 25.7 Å². The van der Waals surface area contributed by atoms with E-state index in [-0.39, 0.29) is 22.8 Å². The number of nitriles is 1. The second-order valence-corrected chi connectivity index (χ2v) is 8.57. The third-order valence-electron chi connectivity index (χ3n) is 6.60. The van der Waals surface area contributed by atoms with Crippen LogP contribution in [0.2, 0.25) is 0 Å². The second-order valence-electron chi connectivity index (χ2n) is 8.57. The van der Waals surface area contributed by atoms with Crippen molar-refractivity contribution in [1.82, 2.24) is 5.32 Å². The molecule has 1 aliphatic carbocycles. The summed E-state index contributed by atoms with van der Waals surface area (Å²) in [6.07, 6.45) is -1.71. The van der Waals surface area contributed by atoms with E-state index in [0.717, 1.165) is 29.5 Å². The van der Waals surface area contributed by atoms with Crippen molar-refractivity contribution >= 4 is 23.2 Å².